The van der Waals surface area contributed by atoms with Gasteiger partial charge in [-0.25, -0.2) is 9.97 Å². The van der Waals surface area contributed by atoms with Crippen molar-refractivity contribution in [2.75, 3.05) is 0 Å². The first-order chi connectivity index (χ1) is 12.3. The molecule has 25 heavy (non-hydrogen) atoms. The van der Waals surface area contributed by atoms with Crippen LogP contribution in [0.25, 0.3) is 27.9 Å². The van der Waals surface area contributed by atoms with Crippen molar-refractivity contribution in [3.8, 4) is 24.1 Å². The second kappa shape index (κ2) is 9.20. The van der Waals surface area contributed by atoms with Crippen LogP contribution in [0.2, 0.25) is 0 Å². The molecule has 0 aliphatic rings. The van der Waals surface area contributed by atoms with Gasteiger partial charge in [-0.2, -0.15) is 0 Å². The molecule has 1 heterocycles. The number of allylic oxidation sites excluding steroid dienone is 4. The Kier molecular flexibility index (Phi) is 6.68. The lowest BCUT2D eigenvalue weighted by molar-refractivity contribution is 1.22. The Morgan fingerprint density at radius 2 is 1.52 bits per heavy atom. The van der Waals surface area contributed by atoms with Crippen molar-refractivity contribution >= 4 is 16.6 Å². The monoisotopic (exact) mass is 326 g/mol. The molecular formula is C23H22N2. The molecule has 2 heteroatoms. The maximum atomic E-state index is 4.89. The van der Waals surface area contributed by atoms with Crippen molar-refractivity contribution in [3.63, 3.8) is 0 Å². The van der Waals surface area contributed by atoms with E-state index in [1.165, 1.54) is 0 Å². The van der Waals surface area contributed by atoms with Gasteiger partial charge < -0.3 is 0 Å². The number of para-hydroxylation sites is 2. The zero-order valence-corrected chi connectivity index (χ0v) is 14.7. The van der Waals surface area contributed by atoms with Crippen LogP contribution < -0.4 is 0 Å². The molecule has 1 aromatic heterocycles. The van der Waals surface area contributed by atoms with E-state index in [0.717, 1.165) is 40.0 Å². The molecule has 0 aliphatic heterocycles. The fraction of sp³-hybridized carbons (Fsp3) is 0.130. The minimum absolute atomic E-state index is 0.921. The van der Waals surface area contributed by atoms with Gasteiger partial charge in [-0.15, -0.1) is 12.8 Å². The molecule has 0 saturated carbocycles. The molecule has 0 aliphatic carbocycles. The largest absolute Gasteiger partial charge is 0.244 e. The fourth-order valence-electron chi connectivity index (χ4n) is 2.56. The van der Waals surface area contributed by atoms with Crippen LogP contribution >= 0.6 is 0 Å². The molecule has 2 aromatic carbocycles. The van der Waals surface area contributed by atoms with Crippen LogP contribution in [0.4, 0.5) is 0 Å². The summed E-state index contributed by atoms with van der Waals surface area (Å²) in [5.74, 6) is 0. The van der Waals surface area contributed by atoms with Crippen LogP contribution in [-0.4, -0.2) is 9.97 Å². The van der Waals surface area contributed by atoms with E-state index < -0.39 is 0 Å². The van der Waals surface area contributed by atoms with E-state index in [9.17, 15) is 0 Å². The molecule has 0 spiro atoms. The predicted octanol–water partition coefficient (Wildman–Crippen LogP) is 5.92. The molecule has 0 amide bonds. The first-order valence-electron chi connectivity index (χ1n) is 8.32. The highest BCUT2D eigenvalue weighted by Crippen LogP contribution is 2.28. The summed E-state index contributed by atoms with van der Waals surface area (Å²) < 4.78 is 0. The summed E-state index contributed by atoms with van der Waals surface area (Å²) in [6.07, 6.45) is 15.4. The van der Waals surface area contributed by atoms with Crippen LogP contribution in [0.3, 0.4) is 0 Å². The van der Waals surface area contributed by atoms with Crippen molar-refractivity contribution in [1.82, 2.24) is 9.97 Å². The van der Waals surface area contributed by atoms with Crippen molar-refractivity contribution in [2.24, 2.45) is 0 Å². The van der Waals surface area contributed by atoms with Crippen molar-refractivity contribution in [3.05, 3.63) is 78.5 Å². The summed E-state index contributed by atoms with van der Waals surface area (Å²) >= 11 is 0. The van der Waals surface area contributed by atoms with Crippen molar-refractivity contribution < 1.29 is 0 Å². The Morgan fingerprint density at radius 3 is 2.12 bits per heavy atom. The molecule has 124 valence electrons. The van der Waals surface area contributed by atoms with E-state index in [2.05, 4.69) is 50.1 Å². The lowest BCUT2D eigenvalue weighted by atomic mass is 10.0. The quantitative estimate of drug-likeness (QED) is 0.439. The summed E-state index contributed by atoms with van der Waals surface area (Å²) in [5.41, 5.74) is 5.89. The van der Waals surface area contributed by atoms with E-state index in [0.29, 0.717) is 0 Å². The molecular weight excluding hydrogens is 304 g/mol. The lowest BCUT2D eigenvalue weighted by Gasteiger charge is -2.11. The molecule has 0 fully saturated rings. The maximum Gasteiger partial charge on any atom is 0.0972 e. The Bertz CT molecular complexity index is 903. The summed E-state index contributed by atoms with van der Waals surface area (Å²) in [5, 5.41) is 0. The normalized spacial score (nSPS) is 11.3. The third-order valence-electron chi connectivity index (χ3n) is 3.74. The predicted molar refractivity (Wildman–Crippen MR) is 108 cm³/mol. The molecule has 0 radical (unpaired) electrons. The van der Waals surface area contributed by atoms with Crippen LogP contribution in [0, 0.1) is 12.8 Å². The van der Waals surface area contributed by atoms with Crippen LogP contribution in [0.15, 0.2) is 72.8 Å². The summed E-state index contributed by atoms with van der Waals surface area (Å²) in [7, 11) is 0. The van der Waals surface area contributed by atoms with Gasteiger partial charge >= 0.3 is 0 Å². The topological polar surface area (TPSA) is 25.8 Å². The Morgan fingerprint density at radius 1 is 0.920 bits per heavy atom. The van der Waals surface area contributed by atoms with E-state index in [1.54, 1.807) is 0 Å². The standard InChI is InChI=1S/C21H20N2.C2H2/c1-3-5-11-16(4-2)20-21(17-12-7-6-8-13-17)23-19-15-10-9-14-18(19)22-20;1-2/h4-15H,3H2,1-2H3;1-2H/b11-5-,16-4+;. The minimum atomic E-state index is 0.921. The number of hydrogen-bond acceptors (Lipinski definition) is 2. The molecule has 0 unspecified atom stereocenters. The van der Waals surface area contributed by atoms with E-state index in [1.807, 2.05) is 49.4 Å². The molecule has 3 aromatic rings. The molecule has 0 N–H and O–H groups in total. The molecule has 0 atom stereocenters. The molecule has 2 nitrogen and oxygen atoms in total. The average Bonchev–Trinajstić information content (AvgIpc) is 2.70. The third kappa shape index (κ3) is 4.22. The second-order valence-corrected chi connectivity index (χ2v) is 5.33. The van der Waals surface area contributed by atoms with Gasteiger partial charge in [-0.3, -0.25) is 0 Å². The smallest absolute Gasteiger partial charge is 0.0972 e. The highest BCUT2D eigenvalue weighted by Gasteiger charge is 2.12. The first-order valence-corrected chi connectivity index (χ1v) is 8.32. The average molecular weight is 326 g/mol. The zero-order valence-electron chi connectivity index (χ0n) is 14.7. The zero-order chi connectivity index (χ0) is 18.1. The Balaban J connectivity index is 0.00000109. The number of hydrogen-bond donors (Lipinski definition) is 0. The third-order valence-corrected chi connectivity index (χ3v) is 3.74. The van der Waals surface area contributed by atoms with Gasteiger partial charge in [0, 0.05) is 5.56 Å². The van der Waals surface area contributed by atoms with Crippen molar-refractivity contribution in [2.45, 2.75) is 20.3 Å². The van der Waals surface area contributed by atoms with Crippen molar-refractivity contribution in [1.29, 1.82) is 0 Å². The van der Waals surface area contributed by atoms with Gasteiger partial charge in [0.1, 0.15) is 0 Å². The van der Waals surface area contributed by atoms with Crippen LogP contribution in [-0.2, 0) is 0 Å². The van der Waals surface area contributed by atoms with Gasteiger partial charge in [0.25, 0.3) is 0 Å². The van der Waals surface area contributed by atoms with Gasteiger partial charge in [0.15, 0.2) is 0 Å². The van der Waals surface area contributed by atoms with Gasteiger partial charge in [-0.1, -0.05) is 67.6 Å². The maximum absolute atomic E-state index is 4.89. The summed E-state index contributed by atoms with van der Waals surface area (Å²) in [4.78, 5) is 9.78. The van der Waals surface area contributed by atoms with E-state index >= 15 is 0 Å². The van der Waals surface area contributed by atoms with Gasteiger partial charge in [0.05, 0.1) is 22.4 Å². The highest BCUT2D eigenvalue weighted by atomic mass is 14.8. The summed E-state index contributed by atoms with van der Waals surface area (Å²) in [6, 6.07) is 18.3. The number of rotatable bonds is 4. The lowest BCUT2D eigenvalue weighted by Crippen LogP contribution is -1.98. The molecule has 0 saturated heterocycles. The Labute approximate surface area is 150 Å². The number of aromatic nitrogens is 2. The second-order valence-electron chi connectivity index (χ2n) is 5.33. The number of nitrogens with zero attached hydrogens (tertiary/aromatic N) is 2. The SMILES string of the molecule is C#C.C/C=C(\C=C/CC)c1nc2ccccc2nc1-c1ccccc1. The molecule has 3 rings (SSSR count). The summed E-state index contributed by atoms with van der Waals surface area (Å²) in [6.45, 7) is 4.18. The van der Waals surface area contributed by atoms with Crippen LogP contribution in [0.1, 0.15) is 26.0 Å². The van der Waals surface area contributed by atoms with Crippen LogP contribution in [0.5, 0.6) is 0 Å². The highest BCUT2D eigenvalue weighted by molar-refractivity contribution is 5.87. The van der Waals surface area contributed by atoms with E-state index in [4.69, 9.17) is 9.97 Å². The minimum Gasteiger partial charge on any atom is -0.244 e. The van der Waals surface area contributed by atoms with E-state index in [-0.39, 0.29) is 0 Å². The number of benzene rings is 2. The molecule has 0 bridgehead atoms. The van der Waals surface area contributed by atoms with Gasteiger partial charge in [-0.05, 0) is 31.1 Å². The van der Waals surface area contributed by atoms with Gasteiger partial charge in [0.2, 0.25) is 0 Å². The number of fused-ring (bicyclic) bond motifs is 1. The fourth-order valence-corrected chi connectivity index (χ4v) is 2.56. The Hall–Kier alpha value is -3.18. The number of terminal acetylenes is 1. The first kappa shape index (κ1) is 18.2.